The zero-order chi connectivity index (χ0) is 11.7. The minimum absolute atomic E-state index is 0.343. The van der Waals surface area contributed by atoms with Crippen LogP contribution < -0.4 is 0 Å². The summed E-state index contributed by atoms with van der Waals surface area (Å²) in [5.74, 6) is -0.343. The second-order valence-corrected chi connectivity index (χ2v) is 5.84. The van der Waals surface area contributed by atoms with Crippen LogP contribution >= 0.6 is 50.5 Å². The third kappa shape index (κ3) is 2.43. The van der Waals surface area contributed by atoms with Gasteiger partial charge >= 0.3 is 0 Å². The van der Waals surface area contributed by atoms with Gasteiger partial charge in [0.15, 0.2) is 0 Å². The number of halogens is 4. The van der Waals surface area contributed by atoms with Crippen LogP contribution in [0, 0.1) is 5.82 Å². The van der Waals surface area contributed by atoms with Gasteiger partial charge in [-0.2, -0.15) is 0 Å². The van der Waals surface area contributed by atoms with Gasteiger partial charge in [-0.1, -0.05) is 11.6 Å². The molecule has 2 rings (SSSR count). The molecule has 0 spiro atoms. The number of rotatable bonds is 2. The molecule has 0 aliphatic carbocycles. The van der Waals surface area contributed by atoms with Crippen molar-refractivity contribution in [1.29, 1.82) is 0 Å². The molecule has 1 aromatic heterocycles. The van der Waals surface area contributed by atoms with Gasteiger partial charge in [0.05, 0.1) is 5.38 Å². The van der Waals surface area contributed by atoms with Crippen LogP contribution in [0.1, 0.15) is 15.8 Å². The fourth-order valence-corrected chi connectivity index (χ4v) is 3.68. The van der Waals surface area contributed by atoms with Gasteiger partial charge in [-0.25, -0.2) is 4.39 Å². The predicted molar refractivity (Wildman–Crippen MR) is 71.1 cm³/mol. The first-order valence-electron chi connectivity index (χ1n) is 4.41. The van der Waals surface area contributed by atoms with E-state index in [0.717, 1.165) is 9.35 Å². The molecule has 0 saturated heterocycles. The quantitative estimate of drug-likeness (QED) is 0.622. The lowest BCUT2D eigenvalue weighted by Gasteiger charge is -2.10. The standard InChI is InChI=1S/C11H6BrCl2FS/c12-8-3-4-16-11(8)10(14)7-5-6(13)1-2-9(7)15/h1-5,10H. The Morgan fingerprint density at radius 3 is 2.69 bits per heavy atom. The molecule has 0 amide bonds. The fraction of sp³-hybridized carbons (Fsp3) is 0.0909. The van der Waals surface area contributed by atoms with Gasteiger partial charge in [-0.15, -0.1) is 22.9 Å². The Hall–Kier alpha value is -0.0900. The lowest BCUT2D eigenvalue weighted by molar-refractivity contribution is 0.613. The molecule has 0 aliphatic rings. The molecule has 0 N–H and O–H groups in total. The number of hydrogen-bond donors (Lipinski definition) is 0. The molecule has 0 fully saturated rings. The second kappa shape index (κ2) is 5.05. The summed E-state index contributed by atoms with van der Waals surface area (Å²) in [6.07, 6.45) is 0. The second-order valence-electron chi connectivity index (χ2n) is 3.16. The van der Waals surface area contributed by atoms with Gasteiger partial charge in [0.1, 0.15) is 5.82 Å². The number of alkyl halides is 1. The summed E-state index contributed by atoms with van der Waals surface area (Å²) in [7, 11) is 0. The summed E-state index contributed by atoms with van der Waals surface area (Å²) in [5.41, 5.74) is 0.400. The van der Waals surface area contributed by atoms with E-state index in [1.165, 1.54) is 23.5 Å². The van der Waals surface area contributed by atoms with E-state index in [0.29, 0.717) is 10.6 Å². The van der Waals surface area contributed by atoms with E-state index in [1.807, 2.05) is 11.4 Å². The number of thiophene rings is 1. The number of hydrogen-bond acceptors (Lipinski definition) is 1. The summed E-state index contributed by atoms with van der Waals surface area (Å²) in [6.45, 7) is 0. The third-order valence-corrected chi connectivity index (χ3v) is 4.86. The van der Waals surface area contributed by atoms with Crippen LogP contribution in [0.4, 0.5) is 4.39 Å². The van der Waals surface area contributed by atoms with Crippen molar-refractivity contribution >= 4 is 50.5 Å². The summed E-state index contributed by atoms with van der Waals surface area (Å²) < 4.78 is 14.5. The van der Waals surface area contributed by atoms with Gasteiger partial charge in [-0.3, -0.25) is 0 Å². The van der Waals surface area contributed by atoms with Crippen LogP contribution in [0.25, 0.3) is 0 Å². The summed E-state index contributed by atoms with van der Waals surface area (Å²) in [6, 6.07) is 6.28. The van der Waals surface area contributed by atoms with E-state index < -0.39 is 5.38 Å². The van der Waals surface area contributed by atoms with Crippen molar-refractivity contribution in [2.24, 2.45) is 0 Å². The highest BCUT2D eigenvalue weighted by Crippen LogP contribution is 2.39. The average molecular weight is 340 g/mol. The van der Waals surface area contributed by atoms with Gasteiger partial charge in [0, 0.05) is 19.9 Å². The van der Waals surface area contributed by atoms with Crippen molar-refractivity contribution in [3.05, 3.63) is 55.4 Å². The highest BCUT2D eigenvalue weighted by Gasteiger charge is 2.19. The van der Waals surface area contributed by atoms with E-state index >= 15 is 0 Å². The Morgan fingerprint density at radius 1 is 1.31 bits per heavy atom. The zero-order valence-corrected chi connectivity index (χ0v) is 11.8. The molecule has 1 heterocycles. The van der Waals surface area contributed by atoms with Crippen molar-refractivity contribution in [3.63, 3.8) is 0 Å². The van der Waals surface area contributed by atoms with E-state index in [4.69, 9.17) is 23.2 Å². The van der Waals surface area contributed by atoms with Crippen LogP contribution in [0.3, 0.4) is 0 Å². The van der Waals surface area contributed by atoms with Crippen molar-refractivity contribution in [3.8, 4) is 0 Å². The minimum Gasteiger partial charge on any atom is -0.207 e. The Morgan fingerprint density at radius 2 is 2.06 bits per heavy atom. The maximum atomic E-state index is 13.6. The van der Waals surface area contributed by atoms with Crippen molar-refractivity contribution in [2.75, 3.05) is 0 Å². The average Bonchev–Trinajstić information content (AvgIpc) is 2.67. The molecule has 84 valence electrons. The maximum Gasteiger partial charge on any atom is 0.128 e. The molecular weight excluding hydrogens is 334 g/mol. The Bertz CT molecular complexity index is 512. The third-order valence-electron chi connectivity index (χ3n) is 2.11. The molecule has 1 aromatic carbocycles. The van der Waals surface area contributed by atoms with Gasteiger partial charge < -0.3 is 0 Å². The topological polar surface area (TPSA) is 0 Å². The first-order valence-corrected chi connectivity index (χ1v) is 6.90. The molecule has 0 aliphatic heterocycles. The first-order chi connectivity index (χ1) is 7.59. The highest BCUT2D eigenvalue weighted by molar-refractivity contribution is 9.10. The monoisotopic (exact) mass is 338 g/mol. The van der Waals surface area contributed by atoms with Crippen molar-refractivity contribution in [1.82, 2.24) is 0 Å². The van der Waals surface area contributed by atoms with Gasteiger partial charge in [0.25, 0.3) is 0 Å². The first kappa shape index (κ1) is 12.4. The maximum absolute atomic E-state index is 13.6. The molecule has 1 atom stereocenters. The Labute approximate surface area is 115 Å². The minimum atomic E-state index is -0.520. The molecule has 0 bridgehead atoms. The molecule has 0 radical (unpaired) electrons. The van der Waals surface area contributed by atoms with Crippen molar-refractivity contribution in [2.45, 2.75) is 5.38 Å². The van der Waals surface area contributed by atoms with Crippen molar-refractivity contribution < 1.29 is 4.39 Å². The van der Waals surface area contributed by atoms with Crippen LogP contribution in [-0.2, 0) is 0 Å². The zero-order valence-electron chi connectivity index (χ0n) is 7.88. The van der Waals surface area contributed by atoms with E-state index in [9.17, 15) is 4.39 Å². The predicted octanol–water partition coefficient (Wildman–Crippen LogP) is 5.63. The lowest BCUT2D eigenvalue weighted by Crippen LogP contribution is -1.95. The lowest BCUT2D eigenvalue weighted by atomic mass is 10.1. The van der Waals surface area contributed by atoms with Crippen LogP contribution in [0.5, 0.6) is 0 Å². The van der Waals surface area contributed by atoms with E-state index in [2.05, 4.69) is 15.9 Å². The van der Waals surface area contributed by atoms with E-state index in [1.54, 1.807) is 6.07 Å². The summed E-state index contributed by atoms with van der Waals surface area (Å²) >= 11 is 16.9. The Kier molecular flexibility index (Phi) is 3.90. The molecule has 0 saturated carbocycles. The van der Waals surface area contributed by atoms with Crippen LogP contribution in [0.15, 0.2) is 34.1 Å². The largest absolute Gasteiger partial charge is 0.207 e. The Balaban J connectivity index is 2.45. The molecule has 1 unspecified atom stereocenters. The van der Waals surface area contributed by atoms with Crippen LogP contribution in [0.2, 0.25) is 5.02 Å². The van der Waals surface area contributed by atoms with Crippen LogP contribution in [-0.4, -0.2) is 0 Å². The summed E-state index contributed by atoms with van der Waals surface area (Å²) in [5, 5.41) is 1.86. The highest BCUT2D eigenvalue weighted by atomic mass is 79.9. The molecule has 0 nitrogen and oxygen atoms in total. The molecule has 5 heteroatoms. The molecule has 2 aromatic rings. The normalized spacial score (nSPS) is 12.8. The van der Waals surface area contributed by atoms with Gasteiger partial charge in [0.2, 0.25) is 0 Å². The smallest absolute Gasteiger partial charge is 0.128 e. The number of benzene rings is 1. The fourth-order valence-electron chi connectivity index (χ4n) is 1.34. The van der Waals surface area contributed by atoms with Gasteiger partial charge in [-0.05, 0) is 45.6 Å². The molecular formula is C11H6BrCl2FS. The summed E-state index contributed by atoms with van der Waals surface area (Å²) in [4.78, 5) is 0.878. The molecule has 16 heavy (non-hydrogen) atoms. The van der Waals surface area contributed by atoms with E-state index in [-0.39, 0.29) is 5.82 Å². The SMILES string of the molecule is Fc1ccc(Cl)cc1C(Cl)c1sccc1Br.